The number of nitrogens with zero attached hydrogens (tertiary/aromatic N) is 2. The van der Waals surface area contributed by atoms with Crippen LogP contribution in [0.1, 0.15) is 16.5 Å². The van der Waals surface area contributed by atoms with Crippen LogP contribution < -0.4 is 5.32 Å². The van der Waals surface area contributed by atoms with Gasteiger partial charge < -0.3 is 5.32 Å². The van der Waals surface area contributed by atoms with Crippen LogP contribution in [-0.4, -0.2) is 16.7 Å². The van der Waals surface area contributed by atoms with Gasteiger partial charge in [-0.05, 0) is 30.7 Å². The summed E-state index contributed by atoms with van der Waals surface area (Å²) in [5.41, 5.74) is 2.11. The van der Waals surface area contributed by atoms with Crippen LogP contribution in [0.4, 0.5) is 5.69 Å². The van der Waals surface area contributed by atoms with Crippen molar-refractivity contribution in [1.82, 2.24) is 4.98 Å². The van der Waals surface area contributed by atoms with Crippen LogP contribution in [0.5, 0.6) is 0 Å². The van der Waals surface area contributed by atoms with Crippen molar-refractivity contribution in [3.05, 3.63) is 59.1 Å². The molecule has 6 heteroatoms. The van der Waals surface area contributed by atoms with E-state index in [1.807, 2.05) is 49.4 Å². The van der Waals surface area contributed by atoms with Crippen LogP contribution >= 0.6 is 11.3 Å². The Morgan fingerprint density at radius 3 is 2.58 bits per heavy atom. The van der Waals surface area contributed by atoms with Crippen LogP contribution in [0.25, 0.3) is 10.2 Å². The summed E-state index contributed by atoms with van der Waals surface area (Å²) >= 11 is 1.25. The molecule has 0 saturated heterocycles. The minimum Gasteiger partial charge on any atom is -0.319 e. The van der Waals surface area contributed by atoms with Gasteiger partial charge in [0.2, 0.25) is 5.78 Å². The predicted octanol–water partition coefficient (Wildman–Crippen LogP) is 3.42. The van der Waals surface area contributed by atoms with Gasteiger partial charge in [-0.25, -0.2) is 4.98 Å². The highest BCUT2D eigenvalue weighted by atomic mass is 32.1. The van der Waals surface area contributed by atoms with E-state index in [-0.39, 0.29) is 0 Å². The van der Waals surface area contributed by atoms with Gasteiger partial charge in [-0.2, -0.15) is 5.26 Å². The Kier molecular flexibility index (Phi) is 4.36. The lowest BCUT2D eigenvalue weighted by Crippen LogP contribution is -2.28. The largest absolute Gasteiger partial charge is 0.319 e. The summed E-state index contributed by atoms with van der Waals surface area (Å²) in [6, 6.07) is 16.4. The fraction of sp³-hybridized carbons (Fsp3) is 0.111. The molecule has 1 heterocycles. The number of aromatic nitrogens is 1. The standard InChI is InChI=1S/C18H13N3O2S/c1-11-6-2-3-7-13(11)20-17(23)16(22)12(10-19)18-21-14-8-4-5-9-15(14)24-18/h2-9,12H,1H3,(H,20,23). The number of para-hydroxylation sites is 2. The van der Waals surface area contributed by atoms with Crippen molar-refractivity contribution in [3.63, 3.8) is 0 Å². The van der Waals surface area contributed by atoms with Gasteiger partial charge in [0.05, 0.1) is 16.3 Å². The normalized spacial score (nSPS) is 11.7. The van der Waals surface area contributed by atoms with Crippen molar-refractivity contribution in [2.75, 3.05) is 5.32 Å². The predicted molar refractivity (Wildman–Crippen MR) is 92.8 cm³/mol. The molecule has 1 N–H and O–H groups in total. The zero-order chi connectivity index (χ0) is 17.1. The summed E-state index contributed by atoms with van der Waals surface area (Å²) in [7, 11) is 0. The van der Waals surface area contributed by atoms with Crippen molar-refractivity contribution in [2.45, 2.75) is 12.8 Å². The van der Waals surface area contributed by atoms with E-state index < -0.39 is 17.6 Å². The maximum atomic E-state index is 12.4. The van der Waals surface area contributed by atoms with Crippen LogP contribution in [0.15, 0.2) is 48.5 Å². The molecule has 1 aromatic heterocycles. The van der Waals surface area contributed by atoms with Gasteiger partial charge in [-0.15, -0.1) is 11.3 Å². The third-order valence-corrected chi connectivity index (χ3v) is 4.67. The van der Waals surface area contributed by atoms with E-state index in [0.717, 1.165) is 10.3 Å². The SMILES string of the molecule is Cc1ccccc1NC(=O)C(=O)C(C#N)c1nc2ccccc2s1. The Morgan fingerprint density at radius 2 is 1.88 bits per heavy atom. The molecule has 24 heavy (non-hydrogen) atoms. The second kappa shape index (κ2) is 6.60. The molecular weight excluding hydrogens is 322 g/mol. The lowest BCUT2D eigenvalue weighted by atomic mass is 10.1. The number of amides is 1. The van der Waals surface area contributed by atoms with E-state index >= 15 is 0 Å². The molecule has 0 aliphatic heterocycles. The zero-order valence-corrected chi connectivity index (χ0v) is 13.6. The molecule has 5 nitrogen and oxygen atoms in total. The quantitative estimate of drug-likeness (QED) is 0.741. The summed E-state index contributed by atoms with van der Waals surface area (Å²) in [5.74, 6) is -2.82. The number of aryl methyl sites for hydroxylation is 1. The summed E-state index contributed by atoms with van der Waals surface area (Å²) in [6.07, 6.45) is 0. The van der Waals surface area contributed by atoms with Gasteiger partial charge in [0, 0.05) is 5.69 Å². The minimum absolute atomic E-state index is 0.337. The van der Waals surface area contributed by atoms with E-state index in [9.17, 15) is 14.9 Å². The van der Waals surface area contributed by atoms with E-state index in [0.29, 0.717) is 16.2 Å². The molecule has 2 aromatic carbocycles. The fourth-order valence-corrected chi connectivity index (χ4v) is 3.28. The molecule has 0 aliphatic carbocycles. The third-order valence-electron chi connectivity index (χ3n) is 3.57. The van der Waals surface area contributed by atoms with Crippen molar-refractivity contribution in [1.29, 1.82) is 5.26 Å². The third kappa shape index (κ3) is 3.03. The molecule has 1 unspecified atom stereocenters. The Morgan fingerprint density at radius 1 is 1.17 bits per heavy atom. The Hall–Kier alpha value is -3.04. The summed E-state index contributed by atoms with van der Waals surface area (Å²) in [6.45, 7) is 1.83. The lowest BCUT2D eigenvalue weighted by molar-refractivity contribution is -0.135. The van der Waals surface area contributed by atoms with Crippen LogP contribution in [0.2, 0.25) is 0 Å². The first-order chi connectivity index (χ1) is 11.6. The maximum absolute atomic E-state index is 12.4. The molecule has 0 aliphatic rings. The fourth-order valence-electron chi connectivity index (χ4n) is 2.27. The van der Waals surface area contributed by atoms with Crippen molar-refractivity contribution < 1.29 is 9.59 Å². The lowest BCUT2D eigenvalue weighted by Gasteiger charge is -2.08. The topological polar surface area (TPSA) is 82.9 Å². The molecule has 0 spiro atoms. The first-order valence-electron chi connectivity index (χ1n) is 7.26. The Labute approximate surface area is 142 Å². The van der Waals surface area contributed by atoms with Crippen molar-refractivity contribution in [2.24, 2.45) is 0 Å². The average Bonchev–Trinajstić information content (AvgIpc) is 3.01. The molecule has 0 saturated carbocycles. The summed E-state index contributed by atoms with van der Waals surface area (Å²) in [4.78, 5) is 28.9. The first kappa shape index (κ1) is 15.8. The van der Waals surface area contributed by atoms with Gasteiger partial charge >= 0.3 is 0 Å². The molecule has 0 radical (unpaired) electrons. The number of hydrogen-bond acceptors (Lipinski definition) is 5. The molecule has 1 atom stereocenters. The summed E-state index contributed by atoms with van der Waals surface area (Å²) in [5, 5.41) is 12.3. The highest BCUT2D eigenvalue weighted by molar-refractivity contribution is 7.18. The summed E-state index contributed by atoms with van der Waals surface area (Å²) < 4.78 is 0.875. The highest BCUT2D eigenvalue weighted by Gasteiger charge is 2.30. The Balaban J connectivity index is 1.85. The first-order valence-corrected chi connectivity index (χ1v) is 8.07. The maximum Gasteiger partial charge on any atom is 0.293 e. The number of nitrogens with one attached hydrogen (secondary N) is 1. The Bertz CT molecular complexity index is 939. The smallest absolute Gasteiger partial charge is 0.293 e. The number of carbonyl (C=O) groups is 2. The molecule has 0 bridgehead atoms. The molecule has 3 aromatic rings. The number of benzene rings is 2. The molecule has 1 amide bonds. The number of Topliss-reactive ketones (excluding diaryl/α,β-unsaturated/α-hetero) is 1. The van der Waals surface area contributed by atoms with Gasteiger partial charge in [-0.3, -0.25) is 9.59 Å². The minimum atomic E-state index is -1.20. The van der Waals surface area contributed by atoms with E-state index in [2.05, 4.69) is 10.3 Å². The monoisotopic (exact) mass is 335 g/mol. The molecule has 3 rings (SSSR count). The van der Waals surface area contributed by atoms with Gasteiger partial charge in [0.15, 0.2) is 5.92 Å². The number of nitriles is 1. The number of ketones is 1. The number of carbonyl (C=O) groups excluding carboxylic acids is 2. The van der Waals surface area contributed by atoms with Crippen molar-refractivity contribution in [3.8, 4) is 6.07 Å². The van der Waals surface area contributed by atoms with Crippen LogP contribution in [-0.2, 0) is 9.59 Å². The zero-order valence-electron chi connectivity index (χ0n) is 12.8. The van der Waals surface area contributed by atoms with E-state index in [1.54, 1.807) is 12.1 Å². The van der Waals surface area contributed by atoms with Gasteiger partial charge in [0.25, 0.3) is 5.91 Å². The van der Waals surface area contributed by atoms with Gasteiger partial charge in [0.1, 0.15) is 5.01 Å². The van der Waals surface area contributed by atoms with Crippen LogP contribution in [0, 0.1) is 18.3 Å². The number of rotatable bonds is 4. The molecule has 118 valence electrons. The number of anilines is 1. The van der Waals surface area contributed by atoms with Crippen molar-refractivity contribution >= 4 is 38.9 Å². The van der Waals surface area contributed by atoms with E-state index in [1.165, 1.54) is 11.3 Å². The second-order valence-electron chi connectivity index (χ2n) is 5.22. The van der Waals surface area contributed by atoms with Gasteiger partial charge in [-0.1, -0.05) is 30.3 Å². The number of fused-ring (bicyclic) bond motifs is 1. The molecular formula is C18H13N3O2S. The average molecular weight is 335 g/mol. The van der Waals surface area contributed by atoms with E-state index in [4.69, 9.17) is 0 Å². The highest BCUT2D eigenvalue weighted by Crippen LogP contribution is 2.28. The number of hydrogen-bond donors (Lipinski definition) is 1. The molecule has 0 fully saturated rings. The number of thiazole rings is 1. The van der Waals surface area contributed by atoms with Crippen LogP contribution in [0.3, 0.4) is 0 Å². The second-order valence-corrected chi connectivity index (χ2v) is 6.28.